The average Bonchev–Trinajstić information content (AvgIpc) is 3.06. The van der Waals surface area contributed by atoms with Gasteiger partial charge in [-0.25, -0.2) is 0 Å². The highest BCUT2D eigenvalue weighted by atomic mass is 31.2. The van der Waals surface area contributed by atoms with Crippen LogP contribution in [0.15, 0.2) is 24.3 Å². The predicted octanol–water partition coefficient (Wildman–Crippen LogP) is 10.3. The Morgan fingerprint density at radius 1 is 0.700 bits per heavy atom. The number of amides is 1. The predicted molar refractivity (Wildman–Crippen MR) is 210 cm³/mol. The van der Waals surface area contributed by atoms with Crippen LogP contribution in [0.4, 0.5) is 0 Å². The molecule has 0 saturated carbocycles. The smallest absolute Gasteiger partial charge is 0.268 e. The normalized spacial score (nSPS) is 14.8. The second-order valence-corrected chi connectivity index (χ2v) is 16.8. The molecule has 0 aromatic rings. The molecule has 0 rings (SSSR count). The van der Waals surface area contributed by atoms with Crippen molar-refractivity contribution in [2.24, 2.45) is 0 Å². The first-order valence-corrected chi connectivity index (χ1v) is 22.2. The molecule has 0 fully saturated rings. The van der Waals surface area contributed by atoms with Gasteiger partial charge in [0.15, 0.2) is 0 Å². The standard InChI is InChI=1S/C41H81N2O6P/c1-6-8-10-12-14-16-18-20-21-23-25-27-29-31-33-35-41(45)42-39(38-49-50(46,47)48-37-36-43(3,4)5)40(44)34-32-30-28-26-24-22-19-17-15-13-11-9-7-2/h14,16,18,20,39-40,44H,6-13,15,17,19,21-38H2,1-5H3,(H-,42,45,46,47)/b16-14-,20-18-. The number of unbranched alkanes of at least 4 members (excludes halogenated alkanes) is 21. The summed E-state index contributed by atoms with van der Waals surface area (Å²) in [6.45, 7) is 4.66. The molecule has 0 radical (unpaired) electrons. The van der Waals surface area contributed by atoms with E-state index in [2.05, 4.69) is 43.5 Å². The third kappa shape index (κ3) is 35.4. The van der Waals surface area contributed by atoms with E-state index in [1.165, 1.54) is 103 Å². The number of nitrogens with one attached hydrogen (secondary N) is 1. The monoisotopic (exact) mass is 729 g/mol. The number of aliphatic hydroxyl groups excluding tert-OH is 1. The number of allylic oxidation sites excluding steroid dienone is 4. The minimum atomic E-state index is -4.56. The summed E-state index contributed by atoms with van der Waals surface area (Å²) < 4.78 is 23.2. The molecule has 0 aliphatic heterocycles. The molecule has 8 nitrogen and oxygen atoms in total. The van der Waals surface area contributed by atoms with E-state index in [1.807, 2.05) is 21.1 Å². The second-order valence-electron chi connectivity index (χ2n) is 15.4. The SMILES string of the molecule is CCCCC/C=C\C=C/CCCCCCCCC(=O)NC(COP(=O)([O-])OCC[N+](C)(C)C)C(O)CCCCCCCCCCCCCCC. The molecule has 0 aliphatic carbocycles. The van der Waals surface area contributed by atoms with Gasteiger partial charge in [-0.1, -0.05) is 160 Å². The van der Waals surface area contributed by atoms with Gasteiger partial charge >= 0.3 is 0 Å². The number of hydrogen-bond acceptors (Lipinski definition) is 6. The molecule has 0 aromatic heterocycles. The highest BCUT2D eigenvalue weighted by molar-refractivity contribution is 7.45. The van der Waals surface area contributed by atoms with Crippen LogP contribution < -0.4 is 10.2 Å². The first kappa shape index (κ1) is 49.0. The zero-order chi connectivity index (χ0) is 37.2. The van der Waals surface area contributed by atoms with Crippen LogP contribution in [0, 0.1) is 0 Å². The number of carbonyl (C=O) groups is 1. The fraction of sp³-hybridized carbons (Fsp3) is 0.878. The Kier molecular flexibility index (Phi) is 33.1. The van der Waals surface area contributed by atoms with Gasteiger partial charge in [0.1, 0.15) is 13.2 Å². The van der Waals surface area contributed by atoms with Crippen LogP contribution in [0.3, 0.4) is 0 Å². The minimum Gasteiger partial charge on any atom is -0.756 e. The quantitative estimate of drug-likeness (QED) is 0.0285. The van der Waals surface area contributed by atoms with Crippen molar-refractivity contribution in [1.82, 2.24) is 5.32 Å². The first-order chi connectivity index (χ1) is 24.0. The van der Waals surface area contributed by atoms with Crippen molar-refractivity contribution in [2.75, 3.05) is 40.9 Å². The number of phosphoric acid groups is 1. The summed E-state index contributed by atoms with van der Waals surface area (Å²) in [6.07, 6.45) is 37.4. The Morgan fingerprint density at radius 3 is 1.66 bits per heavy atom. The lowest BCUT2D eigenvalue weighted by molar-refractivity contribution is -0.870. The molecule has 50 heavy (non-hydrogen) atoms. The summed E-state index contributed by atoms with van der Waals surface area (Å²) in [4.78, 5) is 25.2. The Balaban J connectivity index is 4.44. The van der Waals surface area contributed by atoms with Crippen molar-refractivity contribution < 1.29 is 32.9 Å². The Hall–Kier alpha value is -1.02. The summed E-state index contributed by atoms with van der Waals surface area (Å²) >= 11 is 0. The topological polar surface area (TPSA) is 108 Å². The fourth-order valence-corrected chi connectivity index (χ4v) is 6.58. The Morgan fingerprint density at radius 2 is 1.14 bits per heavy atom. The number of rotatable bonds is 37. The molecule has 0 heterocycles. The van der Waals surface area contributed by atoms with Crippen LogP contribution in [-0.4, -0.2) is 68.5 Å². The van der Waals surface area contributed by atoms with Gasteiger partial charge in [0, 0.05) is 6.42 Å². The lowest BCUT2D eigenvalue weighted by Gasteiger charge is -2.30. The molecule has 3 atom stereocenters. The zero-order valence-electron chi connectivity index (χ0n) is 33.4. The maximum absolute atomic E-state index is 12.8. The molecular weight excluding hydrogens is 647 g/mol. The number of hydrogen-bond donors (Lipinski definition) is 2. The average molecular weight is 729 g/mol. The maximum Gasteiger partial charge on any atom is 0.268 e. The maximum atomic E-state index is 12.8. The molecule has 0 saturated heterocycles. The van der Waals surface area contributed by atoms with E-state index in [-0.39, 0.29) is 19.1 Å². The van der Waals surface area contributed by atoms with Gasteiger partial charge in [0.05, 0.1) is 39.9 Å². The lowest BCUT2D eigenvalue weighted by Crippen LogP contribution is -2.46. The minimum absolute atomic E-state index is 0.00997. The third-order valence-corrected chi connectivity index (χ3v) is 10.2. The van der Waals surface area contributed by atoms with Crippen molar-refractivity contribution in [3.8, 4) is 0 Å². The summed E-state index contributed by atoms with van der Waals surface area (Å²) in [6, 6.07) is -0.802. The number of phosphoric ester groups is 1. The summed E-state index contributed by atoms with van der Waals surface area (Å²) in [5.41, 5.74) is 0. The lowest BCUT2D eigenvalue weighted by atomic mass is 10.0. The molecule has 0 spiro atoms. The summed E-state index contributed by atoms with van der Waals surface area (Å²) in [5.74, 6) is -0.178. The summed E-state index contributed by atoms with van der Waals surface area (Å²) in [5, 5.41) is 13.9. The first-order valence-electron chi connectivity index (χ1n) is 20.7. The fourth-order valence-electron chi connectivity index (χ4n) is 5.85. The molecule has 0 aromatic carbocycles. The van der Waals surface area contributed by atoms with E-state index in [0.717, 1.165) is 51.4 Å². The van der Waals surface area contributed by atoms with Gasteiger partial charge in [-0.2, -0.15) is 0 Å². The molecule has 9 heteroatoms. The zero-order valence-corrected chi connectivity index (χ0v) is 34.2. The van der Waals surface area contributed by atoms with Gasteiger partial charge in [-0.15, -0.1) is 0 Å². The molecule has 1 amide bonds. The largest absolute Gasteiger partial charge is 0.756 e. The molecular formula is C41H81N2O6P. The van der Waals surface area contributed by atoms with Gasteiger partial charge < -0.3 is 28.8 Å². The van der Waals surface area contributed by atoms with E-state index >= 15 is 0 Å². The van der Waals surface area contributed by atoms with Crippen molar-refractivity contribution in [1.29, 1.82) is 0 Å². The van der Waals surface area contributed by atoms with Gasteiger partial charge in [0.2, 0.25) is 5.91 Å². The van der Waals surface area contributed by atoms with E-state index in [1.54, 1.807) is 0 Å². The number of quaternary nitrogens is 1. The van der Waals surface area contributed by atoms with Crippen LogP contribution in [0.1, 0.15) is 181 Å². The van der Waals surface area contributed by atoms with E-state index in [9.17, 15) is 19.4 Å². The van der Waals surface area contributed by atoms with Crippen molar-refractivity contribution in [2.45, 2.75) is 193 Å². The molecule has 2 N–H and O–H groups in total. The van der Waals surface area contributed by atoms with Gasteiger partial charge in [-0.05, 0) is 38.5 Å². The van der Waals surface area contributed by atoms with E-state index in [0.29, 0.717) is 23.9 Å². The summed E-state index contributed by atoms with van der Waals surface area (Å²) in [7, 11) is 1.29. The van der Waals surface area contributed by atoms with E-state index < -0.39 is 20.0 Å². The number of likely N-dealkylation sites (N-methyl/N-ethyl adjacent to an activating group) is 1. The highest BCUT2D eigenvalue weighted by Crippen LogP contribution is 2.38. The van der Waals surface area contributed by atoms with Crippen LogP contribution in [0.25, 0.3) is 0 Å². The molecule has 0 bridgehead atoms. The number of carbonyl (C=O) groups excluding carboxylic acids is 1. The second kappa shape index (κ2) is 33.8. The van der Waals surface area contributed by atoms with Crippen LogP contribution in [0.2, 0.25) is 0 Å². The Labute approximate surface area is 309 Å². The van der Waals surface area contributed by atoms with Gasteiger partial charge in [0.25, 0.3) is 7.82 Å². The Bertz CT molecular complexity index is 876. The van der Waals surface area contributed by atoms with Crippen molar-refractivity contribution in [3.63, 3.8) is 0 Å². The van der Waals surface area contributed by atoms with E-state index in [4.69, 9.17) is 9.05 Å². The third-order valence-electron chi connectivity index (χ3n) is 9.22. The van der Waals surface area contributed by atoms with Gasteiger partial charge in [-0.3, -0.25) is 9.36 Å². The number of nitrogens with zero attached hydrogens (tertiary/aromatic N) is 1. The number of aliphatic hydroxyl groups is 1. The van der Waals surface area contributed by atoms with Crippen LogP contribution in [-0.2, 0) is 18.4 Å². The highest BCUT2D eigenvalue weighted by Gasteiger charge is 2.24. The van der Waals surface area contributed by atoms with Crippen molar-refractivity contribution in [3.05, 3.63) is 24.3 Å². The van der Waals surface area contributed by atoms with Crippen molar-refractivity contribution >= 4 is 13.7 Å². The van der Waals surface area contributed by atoms with Crippen LogP contribution in [0.5, 0.6) is 0 Å². The molecule has 296 valence electrons. The molecule has 0 aliphatic rings. The molecule has 3 unspecified atom stereocenters. The van der Waals surface area contributed by atoms with Crippen LogP contribution >= 0.6 is 7.82 Å².